The summed E-state index contributed by atoms with van der Waals surface area (Å²) in [5.74, 6) is 0.851. The topological polar surface area (TPSA) is 23.8 Å². The minimum atomic E-state index is 0.0241. The molecule has 1 aromatic carbocycles. The van der Waals surface area contributed by atoms with Crippen molar-refractivity contribution in [3.8, 4) is 6.07 Å². The van der Waals surface area contributed by atoms with Gasteiger partial charge < -0.3 is 0 Å². The van der Waals surface area contributed by atoms with Gasteiger partial charge in [0.1, 0.15) is 0 Å². The van der Waals surface area contributed by atoms with E-state index in [-0.39, 0.29) is 5.92 Å². The second-order valence-corrected chi connectivity index (χ2v) is 4.56. The molecule has 0 saturated heterocycles. The summed E-state index contributed by atoms with van der Waals surface area (Å²) < 4.78 is 0. The molecule has 0 bridgehead atoms. The van der Waals surface area contributed by atoms with E-state index in [1.165, 1.54) is 36.0 Å². The van der Waals surface area contributed by atoms with Crippen molar-refractivity contribution >= 4 is 0 Å². The zero-order valence-electron chi connectivity index (χ0n) is 9.46. The molecule has 1 aliphatic rings. The summed E-state index contributed by atoms with van der Waals surface area (Å²) in [6.45, 7) is 4.23. The molecular weight excluding hydrogens is 182 g/mol. The van der Waals surface area contributed by atoms with E-state index in [0.717, 1.165) is 5.92 Å². The molecule has 0 unspecified atom stereocenters. The molecule has 0 saturated carbocycles. The van der Waals surface area contributed by atoms with Crippen LogP contribution >= 0.6 is 0 Å². The highest BCUT2D eigenvalue weighted by Crippen LogP contribution is 2.30. The lowest BCUT2D eigenvalue weighted by atomic mass is 9.98. The van der Waals surface area contributed by atoms with Gasteiger partial charge in [0.25, 0.3) is 0 Å². The molecule has 78 valence electrons. The number of rotatable bonds is 2. The predicted molar refractivity (Wildman–Crippen MR) is 61.7 cm³/mol. The second-order valence-electron chi connectivity index (χ2n) is 4.56. The van der Waals surface area contributed by atoms with Gasteiger partial charge in [-0.3, -0.25) is 0 Å². The Morgan fingerprint density at radius 2 is 2.13 bits per heavy atom. The summed E-state index contributed by atoms with van der Waals surface area (Å²) >= 11 is 0. The third kappa shape index (κ3) is 1.90. The SMILES string of the molecule is CC[C@H]1Cc2ccc([C@H](C)C#N)cc2C1. The highest BCUT2D eigenvalue weighted by atomic mass is 14.3. The number of hydrogen-bond acceptors (Lipinski definition) is 1. The fourth-order valence-corrected chi connectivity index (χ4v) is 2.36. The van der Waals surface area contributed by atoms with E-state index in [0.29, 0.717) is 0 Å². The third-order valence-electron chi connectivity index (χ3n) is 3.52. The number of benzene rings is 1. The largest absolute Gasteiger partial charge is 0.198 e. The van der Waals surface area contributed by atoms with E-state index in [4.69, 9.17) is 5.26 Å². The van der Waals surface area contributed by atoms with Crippen molar-refractivity contribution in [2.45, 2.75) is 39.0 Å². The van der Waals surface area contributed by atoms with Crippen LogP contribution in [0.15, 0.2) is 18.2 Å². The Kier molecular flexibility index (Phi) is 2.77. The van der Waals surface area contributed by atoms with E-state index >= 15 is 0 Å². The summed E-state index contributed by atoms with van der Waals surface area (Å²) in [4.78, 5) is 0. The van der Waals surface area contributed by atoms with Crippen LogP contribution in [0.3, 0.4) is 0 Å². The molecule has 1 nitrogen and oxygen atoms in total. The van der Waals surface area contributed by atoms with Crippen molar-refractivity contribution in [3.63, 3.8) is 0 Å². The lowest BCUT2D eigenvalue weighted by molar-refractivity contribution is 0.542. The maximum Gasteiger partial charge on any atom is 0.0700 e. The van der Waals surface area contributed by atoms with Crippen molar-refractivity contribution in [3.05, 3.63) is 34.9 Å². The van der Waals surface area contributed by atoms with Crippen molar-refractivity contribution in [2.75, 3.05) is 0 Å². The van der Waals surface area contributed by atoms with Gasteiger partial charge in [-0.2, -0.15) is 5.26 Å². The molecule has 2 rings (SSSR count). The van der Waals surface area contributed by atoms with Crippen molar-refractivity contribution < 1.29 is 0 Å². The summed E-state index contributed by atoms with van der Waals surface area (Å²) in [5.41, 5.74) is 4.14. The molecule has 0 N–H and O–H groups in total. The Bertz CT molecular complexity index is 400. The van der Waals surface area contributed by atoms with E-state index < -0.39 is 0 Å². The van der Waals surface area contributed by atoms with Crippen molar-refractivity contribution in [2.24, 2.45) is 5.92 Å². The average Bonchev–Trinajstić information content (AvgIpc) is 2.69. The number of fused-ring (bicyclic) bond motifs is 1. The van der Waals surface area contributed by atoms with Crippen LogP contribution in [-0.2, 0) is 12.8 Å². The lowest BCUT2D eigenvalue weighted by Crippen LogP contribution is -1.95. The minimum Gasteiger partial charge on any atom is -0.198 e. The standard InChI is InChI=1S/C14H17N/c1-3-11-6-13-5-4-12(10(2)9-15)8-14(13)7-11/h4-5,8,10-11H,3,6-7H2,1-2H3/t10-,11+/m1/s1. The molecule has 0 aromatic heterocycles. The van der Waals surface area contributed by atoms with Gasteiger partial charge in [-0.15, -0.1) is 0 Å². The maximum atomic E-state index is 8.88. The number of nitriles is 1. The van der Waals surface area contributed by atoms with Gasteiger partial charge in [0.15, 0.2) is 0 Å². The van der Waals surface area contributed by atoms with Crippen LogP contribution in [0, 0.1) is 17.2 Å². The zero-order valence-corrected chi connectivity index (χ0v) is 9.46. The third-order valence-corrected chi connectivity index (χ3v) is 3.52. The highest BCUT2D eigenvalue weighted by Gasteiger charge is 2.20. The van der Waals surface area contributed by atoms with Crippen LogP contribution in [0.1, 0.15) is 42.9 Å². The summed E-state index contributed by atoms with van der Waals surface area (Å²) in [6.07, 6.45) is 3.70. The van der Waals surface area contributed by atoms with Gasteiger partial charge in [-0.25, -0.2) is 0 Å². The second kappa shape index (κ2) is 4.06. The first-order valence-corrected chi connectivity index (χ1v) is 5.76. The van der Waals surface area contributed by atoms with Crippen LogP contribution in [0.5, 0.6) is 0 Å². The highest BCUT2D eigenvalue weighted by molar-refractivity contribution is 5.38. The fraction of sp³-hybridized carbons (Fsp3) is 0.500. The fourth-order valence-electron chi connectivity index (χ4n) is 2.36. The maximum absolute atomic E-state index is 8.88. The quantitative estimate of drug-likeness (QED) is 0.715. The van der Waals surface area contributed by atoms with Gasteiger partial charge in [0, 0.05) is 0 Å². The lowest BCUT2D eigenvalue weighted by Gasteiger charge is -2.05. The van der Waals surface area contributed by atoms with Crippen LogP contribution in [-0.4, -0.2) is 0 Å². The van der Waals surface area contributed by atoms with Crippen molar-refractivity contribution in [1.82, 2.24) is 0 Å². The van der Waals surface area contributed by atoms with Gasteiger partial charge in [0.05, 0.1) is 12.0 Å². The summed E-state index contributed by atoms with van der Waals surface area (Å²) in [5, 5.41) is 8.88. The first kappa shape index (κ1) is 10.2. The number of hydrogen-bond donors (Lipinski definition) is 0. The Labute approximate surface area is 91.7 Å². The first-order valence-electron chi connectivity index (χ1n) is 5.76. The molecular formula is C14H17N. The molecule has 15 heavy (non-hydrogen) atoms. The molecule has 2 atom stereocenters. The van der Waals surface area contributed by atoms with Crippen LogP contribution < -0.4 is 0 Å². The molecule has 0 amide bonds. The molecule has 0 aliphatic heterocycles. The number of nitrogens with zero attached hydrogens (tertiary/aromatic N) is 1. The molecule has 1 heteroatoms. The van der Waals surface area contributed by atoms with Crippen LogP contribution in [0.25, 0.3) is 0 Å². The smallest absolute Gasteiger partial charge is 0.0700 e. The first-order chi connectivity index (χ1) is 7.24. The molecule has 0 heterocycles. The van der Waals surface area contributed by atoms with Gasteiger partial charge in [-0.05, 0) is 42.4 Å². The summed E-state index contributed by atoms with van der Waals surface area (Å²) in [6, 6.07) is 8.86. The average molecular weight is 199 g/mol. The minimum absolute atomic E-state index is 0.0241. The van der Waals surface area contributed by atoms with Crippen LogP contribution in [0.4, 0.5) is 0 Å². The van der Waals surface area contributed by atoms with Gasteiger partial charge in [-0.1, -0.05) is 31.5 Å². The molecule has 1 aromatic rings. The molecule has 0 fully saturated rings. The van der Waals surface area contributed by atoms with Gasteiger partial charge in [0.2, 0.25) is 0 Å². The Morgan fingerprint density at radius 3 is 2.80 bits per heavy atom. The van der Waals surface area contributed by atoms with E-state index in [1.807, 2.05) is 6.92 Å². The molecule has 0 radical (unpaired) electrons. The Balaban J connectivity index is 2.27. The summed E-state index contributed by atoms with van der Waals surface area (Å²) in [7, 11) is 0. The van der Waals surface area contributed by atoms with Crippen LogP contribution in [0.2, 0.25) is 0 Å². The molecule has 0 spiro atoms. The Hall–Kier alpha value is -1.29. The van der Waals surface area contributed by atoms with E-state index in [9.17, 15) is 0 Å². The normalized spacial score (nSPS) is 20.7. The van der Waals surface area contributed by atoms with Crippen molar-refractivity contribution in [1.29, 1.82) is 5.26 Å². The zero-order chi connectivity index (χ0) is 10.8. The van der Waals surface area contributed by atoms with Gasteiger partial charge >= 0.3 is 0 Å². The Morgan fingerprint density at radius 1 is 1.40 bits per heavy atom. The molecule has 1 aliphatic carbocycles. The monoisotopic (exact) mass is 199 g/mol. The predicted octanol–water partition coefficient (Wildman–Crippen LogP) is 3.44. The van der Waals surface area contributed by atoms with E-state index in [2.05, 4.69) is 31.2 Å². The van der Waals surface area contributed by atoms with E-state index in [1.54, 1.807) is 0 Å².